The largest absolute Gasteiger partial charge is 0.394 e. The van der Waals surface area contributed by atoms with Crippen LogP contribution in [-0.4, -0.2) is 56.0 Å². The van der Waals surface area contributed by atoms with E-state index >= 15 is 0 Å². The number of hydrogen-bond donors (Lipinski definition) is 3. The fourth-order valence-corrected chi connectivity index (χ4v) is 3.40. The molecule has 4 atom stereocenters. The van der Waals surface area contributed by atoms with Crippen molar-refractivity contribution >= 4 is 22.8 Å². The molecule has 1 aromatic heterocycles. The summed E-state index contributed by atoms with van der Waals surface area (Å²) in [4.78, 5) is 4.58. The number of aliphatic hydroxyl groups is 3. The number of fused-ring (bicyclic) bond motifs is 1. The Bertz CT molecular complexity index is 702. The molecule has 0 aliphatic carbocycles. The van der Waals surface area contributed by atoms with Gasteiger partial charge in [-0.05, 0) is 43.4 Å². The normalized spacial score (nSPS) is 28.6. The number of ether oxygens (including phenoxy) is 1. The zero-order valence-corrected chi connectivity index (χ0v) is 13.5. The van der Waals surface area contributed by atoms with Crippen LogP contribution in [0.1, 0.15) is 17.4 Å². The minimum Gasteiger partial charge on any atom is -0.394 e. The van der Waals surface area contributed by atoms with E-state index < -0.39 is 24.5 Å². The topological polar surface area (TPSA) is 87.7 Å². The Morgan fingerprint density at radius 2 is 1.91 bits per heavy atom. The molecule has 0 unspecified atom stereocenters. The van der Waals surface area contributed by atoms with Gasteiger partial charge in [-0.25, -0.2) is 4.98 Å². The highest BCUT2D eigenvalue weighted by atomic mass is 32.2. The highest BCUT2D eigenvalue weighted by molar-refractivity contribution is 7.98. The van der Waals surface area contributed by atoms with Crippen LogP contribution in [0.2, 0.25) is 0 Å². The number of aliphatic hydroxyl groups excluding tert-OH is 3. The molecular formula is C15H20N2O4S. The van der Waals surface area contributed by atoms with Crippen molar-refractivity contribution in [3.05, 3.63) is 23.3 Å². The molecule has 22 heavy (non-hydrogen) atoms. The Hall–Kier alpha value is -1.12. The van der Waals surface area contributed by atoms with Crippen LogP contribution in [-0.2, 0) is 4.74 Å². The predicted molar refractivity (Wildman–Crippen MR) is 84.0 cm³/mol. The summed E-state index contributed by atoms with van der Waals surface area (Å²) in [5, 5.41) is 30.2. The summed E-state index contributed by atoms with van der Waals surface area (Å²) in [6.45, 7) is 3.70. The van der Waals surface area contributed by atoms with E-state index in [2.05, 4.69) is 4.98 Å². The van der Waals surface area contributed by atoms with Gasteiger partial charge < -0.3 is 20.1 Å². The molecule has 1 saturated heterocycles. The van der Waals surface area contributed by atoms with E-state index in [-0.39, 0.29) is 6.61 Å². The summed E-state index contributed by atoms with van der Waals surface area (Å²) in [6, 6.07) is 4.01. The van der Waals surface area contributed by atoms with Crippen LogP contribution >= 0.6 is 11.8 Å². The molecule has 0 saturated carbocycles. The van der Waals surface area contributed by atoms with Gasteiger partial charge in [-0.2, -0.15) is 0 Å². The minimum absolute atomic E-state index is 0.339. The van der Waals surface area contributed by atoms with E-state index in [1.54, 1.807) is 4.57 Å². The molecule has 1 fully saturated rings. The maximum absolute atomic E-state index is 10.3. The fourth-order valence-electron chi connectivity index (χ4n) is 2.81. The summed E-state index contributed by atoms with van der Waals surface area (Å²) in [5.41, 5.74) is 3.94. The van der Waals surface area contributed by atoms with Crippen LogP contribution in [0.15, 0.2) is 17.3 Å². The Morgan fingerprint density at radius 1 is 1.23 bits per heavy atom. The third-order valence-electron chi connectivity index (χ3n) is 4.23. The number of rotatable bonds is 3. The molecule has 3 rings (SSSR count). The molecule has 0 radical (unpaired) electrons. The van der Waals surface area contributed by atoms with Crippen LogP contribution in [0.5, 0.6) is 0 Å². The lowest BCUT2D eigenvalue weighted by Gasteiger charge is -2.19. The molecule has 7 heteroatoms. The Kier molecular flexibility index (Phi) is 4.17. The first-order valence-corrected chi connectivity index (χ1v) is 8.36. The standard InChI is InChI=1S/C15H20N2O4S/c1-7-4-9-10(5-8(7)2)17(15(16-9)22-3)14-13(20)12(19)11(6-18)21-14/h4-5,11-14,18-20H,6H2,1-3H3/t11-,12+,13-,14-/m0/s1. The maximum Gasteiger partial charge on any atom is 0.170 e. The molecule has 0 amide bonds. The van der Waals surface area contributed by atoms with Gasteiger partial charge in [0.1, 0.15) is 18.3 Å². The quantitative estimate of drug-likeness (QED) is 0.730. The van der Waals surface area contributed by atoms with Crippen LogP contribution in [0.3, 0.4) is 0 Å². The third kappa shape index (κ3) is 2.33. The minimum atomic E-state index is -1.12. The van der Waals surface area contributed by atoms with Crippen molar-refractivity contribution in [1.29, 1.82) is 0 Å². The number of hydrogen-bond acceptors (Lipinski definition) is 6. The van der Waals surface area contributed by atoms with E-state index in [0.717, 1.165) is 22.2 Å². The van der Waals surface area contributed by atoms with Gasteiger partial charge in [0.15, 0.2) is 11.4 Å². The van der Waals surface area contributed by atoms with Crippen molar-refractivity contribution in [2.24, 2.45) is 0 Å². The van der Waals surface area contributed by atoms with Crippen molar-refractivity contribution < 1.29 is 20.1 Å². The van der Waals surface area contributed by atoms with E-state index in [1.807, 2.05) is 32.2 Å². The average molecular weight is 324 g/mol. The smallest absolute Gasteiger partial charge is 0.170 e. The second-order valence-corrected chi connectivity index (χ2v) is 6.40. The molecule has 0 spiro atoms. The second-order valence-electron chi connectivity index (χ2n) is 5.62. The van der Waals surface area contributed by atoms with Crippen molar-refractivity contribution in [1.82, 2.24) is 9.55 Å². The monoisotopic (exact) mass is 324 g/mol. The van der Waals surface area contributed by atoms with E-state index in [9.17, 15) is 15.3 Å². The van der Waals surface area contributed by atoms with E-state index in [0.29, 0.717) is 5.16 Å². The zero-order chi connectivity index (χ0) is 16.0. The lowest BCUT2D eigenvalue weighted by Crippen LogP contribution is -2.33. The van der Waals surface area contributed by atoms with E-state index in [4.69, 9.17) is 4.74 Å². The van der Waals surface area contributed by atoms with Gasteiger partial charge in [-0.3, -0.25) is 4.57 Å². The first kappa shape index (κ1) is 15.8. The van der Waals surface area contributed by atoms with Crippen molar-refractivity contribution in [3.63, 3.8) is 0 Å². The number of aromatic nitrogens is 2. The van der Waals surface area contributed by atoms with Gasteiger partial charge in [0.25, 0.3) is 0 Å². The molecule has 3 N–H and O–H groups in total. The SMILES string of the molecule is CSc1nc2cc(C)c(C)cc2n1[C@H]1O[C@@H](CO)[C@@H](O)[C@@H]1O. The number of imidazole rings is 1. The number of thioether (sulfide) groups is 1. The Labute approximate surface area is 132 Å². The maximum atomic E-state index is 10.3. The van der Waals surface area contributed by atoms with Crippen molar-refractivity contribution in [2.75, 3.05) is 12.9 Å². The molecule has 120 valence electrons. The van der Waals surface area contributed by atoms with Crippen LogP contribution in [0.25, 0.3) is 11.0 Å². The lowest BCUT2D eigenvalue weighted by molar-refractivity contribution is -0.0545. The number of aryl methyl sites for hydroxylation is 2. The zero-order valence-electron chi connectivity index (χ0n) is 12.7. The van der Waals surface area contributed by atoms with Gasteiger partial charge in [-0.1, -0.05) is 11.8 Å². The highest BCUT2D eigenvalue weighted by Crippen LogP contribution is 2.36. The van der Waals surface area contributed by atoms with Crippen molar-refractivity contribution in [2.45, 2.75) is 43.5 Å². The molecule has 1 aliphatic rings. The van der Waals surface area contributed by atoms with Crippen LogP contribution < -0.4 is 0 Å². The van der Waals surface area contributed by atoms with Crippen molar-refractivity contribution in [3.8, 4) is 0 Å². The Morgan fingerprint density at radius 3 is 2.50 bits per heavy atom. The number of benzene rings is 1. The van der Waals surface area contributed by atoms with Crippen LogP contribution in [0.4, 0.5) is 0 Å². The van der Waals surface area contributed by atoms with Gasteiger partial charge in [0, 0.05) is 0 Å². The van der Waals surface area contributed by atoms with Gasteiger partial charge in [-0.15, -0.1) is 0 Å². The second kappa shape index (κ2) is 5.82. The van der Waals surface area contributed by atoms with Gasteiger partial charge in [0.05, 0.1) is 17.6 Å². The summed E-state index contributed by atoms with van der Waals surface area (Å²) in [6.07, 6.45) is -1.88. The summed E-state index contributed by atoms with van der Waals surface area (Å²) in [7, 11) is 0. The summed E-state index contributed by atoms with van der Waals surface area (Å²) >= 11 is 1.45. The molecule has 2 aromatic rings. The average Bonchev–Trinajstić information content (AvgIpc) is 2.98. The first-order chi connectivity index (χ1) is 10.5. The first-order valence-electron chi connectivity index (χ1n) is 7.13. The lowest BCUT2D eigenvalue weighted by atomic mass is 10.1. The van der Waals surface area contributed by atoms with Gasteiger partial charge >= 0.3 is 0 Å². The number of nitrogens with zero attached hydrogens (tertiary/aromatic N) is 2. The molecule has 0 bridgehead atoms. The summed E-state index contributed by atoms with van der Waals surface area (Å²) < 4.78 is 7.46. The van der Waals surface area contributed by atoms with Crippen LogP contribution in [0, 0.1) is 13.8 Å². The van der Waals surface area contributed by atoms with Gasteiger partial charge in [0.2, 0.25) is 0 Å². The molecule has 6 nitrogen and oxygen atoms in total. The molecule has 1 aromatic carbocycles. The fraction of sp³-hybridized carbons (Fsp3) is 0.533. The molecular weight excluding hydrogens is 304 g/mol. The van der Waals surface area contributed by atoms with E-state index in [1.165, 1.54) is 11.8 Å². The highest BCUT2D eigenvalue weighted by Gasteiger charge is 2.44. The predicted octanol–water partition coefficient (Wildman–Crippen LogP) is 0.987. The molecule has 1 aliphatic heterocycles. The Balaban J connectivity index is 2.15. The summed E-state index contributed by atoms with van der Waals surface area (Å²) in [5.74, 6) is 0. The molecule has 2 heterocycles. The third-order valence-corrected chi connectivity index (χ3v) is 4.88.